The molecule has 0 bridgehead atoms. The van der Waals surface area contributed by atoms with E-state index in [0.717, 1.165) is 5.69 Å². The molecule has 0 aliphatic heterocycles. The smallest absolute Gasteiger partial charge is 0.253 e. The summed E-state index contributed by atoms with van der Waals surface area (Å²) in [6.45, 7) is 5.81. The molecule has 1 heterocycles. The molecule has 25 heavy (non-hydrogen) atoms. The van der Waals surface area contributed by atoms with E-state index in [1.165, 1.54) is 23.5 Å². The largest absolute Gasteiger partial charge is 0.340 e. The second-order valence-corrected chi connectivity index (χ2v) is 7.76. The lowest BCUT2D eigenvalue weighted by Gasteiger charge is -2.20. The van der Waals surface area contributed by atoms with Crippen molar-refractivity contribution in [3.05, 3.63) is 44.9 Å². The molecule has 2 N–H and O–H groups in total. The number of anilines is 1. The fraction of sp³-hybridized carbons (Fsp3) is 0.353. The van der Waals surface area contributed by atoms with Crippen LogP contribution in [-0.4, -0.2) is 22.8 Å². The zero-order valence-corrected chi connectivity index (χ0v) is 16.4. The SMILES string of the molecule is Cc1csc(NC(=O)[C@H](CC(C)C)NC(=O)c2ccc(Cl)cc2Cl)n1. The van der Waals surface area contributed by atoms with Gasteiger partial charge < -0.3 is 10.6 Å². The van der Waals surface area contributed by atoms with Crippen molar-refractivity contribution in [3.8, 4) is 0 Å². The number of benzene rings is 1. The van der Waals surface area contributed by atoms with Crippen molar-refractivity contribution in [2.24, 2.45) is 5.92 Å². The van der Waals surface area contributed by atoms with Crippen molar-refractivity contribution in [1.82, 2.24) is 10.3 Å². The number of amides is 2. The van der Waals surface area contributed by atoms with Crippen LogP contribution < -0.4 is 10.6 Å². The summed E-state index contributed by atoms with van der Waals surface area (Å²) in [5, 5.41) is 8.54. The van der Waals surface area contributed by atoms with Gasteiger partial charge in [-0.25, -0.2) is 4.98 Å². The molecule has 0 aliphatic carbocycles. The van der Waals surface area contributed by atoms with Crippen molar-refractivity contribution in [2.75, 3.05) is 5.32 Å². The number of hydrogen-bond acceptors (Lipinski definition) is 4. The summed E-state index contributed by atoms with van der Waals surface area (Å²) in [5.74, 6) is -0.506. The third-order valence-corrected chi connectivity index (χ3v) is 4.78. The van der Waals surface area contributed by atoms with Crippen LogP contribution >= 0.6 is 34.5 Å². The summed E-state index contributed by atoms with van der Waals surface area (Å²) in [4.78, 5) is 29.3. The van der Waals surface area contributed by atoms with Crippen molar-refractivity contribution < 1.29 is 9.59 Å². The molecule has 2 amide bonds. The molecule has 0 unspecified atom stereocenters. The summed E-state index contributed by atoms with van der Waals surface area (Å²) in [6.07, 6.45) is 0.493. The molecule has 1 aromatic heterocycles. The average Bonchev–Trinajstić information content (AvgIpc) is 2.91. The summed E-state index contributed by atoms with van der Waals surface area (Å²) >= 11 is 13.3. The van der Waals surface area contributed by atoms with Gasteiger partial charge in [-0.05, 0) is 37.5 Å². The summed E-state index contributed by atoms with van der Waals surface area (Å²) in [7, 11) is 0. The summed E-state index contributed by atoms with van der Waals surface area (Å²) < 4.78 is 0. The van der Waals surface area contributed by atoms with Gasteiger partial charge in [0.05, 0.1) is 16.3 Å². The molecule has 0 saturated heterocycles. The topological polar surface area (TPSA) is 71.1 Å². The van der Waals surface area contributed by atoms with E-state index < -0.39 is 11.9 Å². The maximum Gasteiger partial charge on any atom is 0.253 e. The predicted molar refractivity (Wildman–Crippen MR) is 103 cm³/mol. The van der Waals surface area contributed by atoms with Gasteiger partial charge >= 0.3 is 0 Å². The normalized spacial score (nSPS) is 12.1. The van der Waals surface area contributed by atoms with Crippen LogP contribution in [-0.2, 0) is 4.79 Å². The highest BCUT2D eigenvalue weighted by Gasteiger charge is 2.24. The molecule has 1 aromatic carbocycles. The lowest BCUT2D eigenvalue weighted by Crippen LogP contribution is -2.44. The van der Waals surface area contributed by atoms with E-state index in [4.69, 9.17) is 23.2 Å². The monoisotopic (exact) mass is 399 g/mol. The zero-order chi connectivity index (χ0) is 18.6. The third-order valence-electron chi connectivity index (χ3n) is 3.35. The number of carbonyl (C=O) groups excluding carboxylic acids is 2. The van der Waals surface area contributed by atoms with Crippen LogP contribution in [0.5, 0.6) is 0 Å². The van der Waals surface area contributed by atoms with E-state index in [9.17, 15) is 9.59 Å². The first kappa shape index (κ1) is 19.7. The number of hydrogen-bond donors (Lipinski definition) is 2. The van der Waals surface area contributed by atoms with E-state index >= 15 is 0 Å². The second kappa shape index (κ2) is 8.65. The van der Waals surface area contributed by atoms with Crippen LogP contribution in [0, 0.1) is 12.8 Å². The van der Waals surface area contributed by atoms with Crippen LogP contribution in [0.2, 0.25) is 10.0 Å². The maximum absolute atomic E-state index is 12.5. The molecule has 0 fully saturated rings. The number of aromatic nitrogens is 1. The second-order valence-electron chi connectivity index (χ2n) is 6.06. The zero-order valence-electron chi connectivity index (χ0n) is 14.1. The Labute approximate surface area is 160 Å². The molecule has 1 atom stereocenters. The van der Waals surface area contributed by atoms with Gasteiger partial charge in [0.25, 0.3) is 5.91 Å². The Morgan fingerprint density at radius 2 is 2.00 bits per heavy atom. The molecule has 0 radical (unpaired) electrons. The molecule has 8 heteroatoms. The standard InChI is InChI=1S/C17H19Cl2N3O2S/c1-9(2)6-14(16(24)22-17-20-10(3)8-25-17)21-15(23)12-5-4-11(18)7-13(12)19/h4-5,7-9,14H,6H2,1-3H3,(H,21,23)(H,20,22,24)/t14-/m0/s1. The van der Waals surface area contributed by atoms with E-state index in [-0.39, 0.29) is 22.4 Å². The molecule has 0 saturated carbocycles. The minimum absolute atomic E-state index is 0.217. The molecule has 0 spiro atoms. The Morgan fingerprint density at radius 1 is 1.28 bits per heavy atom. The van der Waals surface area contributed by atoms with Gasteiger partial charge in [-0.15, -0.1) is 11.3 Å². The summed E-state index contributed by atoms with van der Waals surface area (Å²) in [5.41, 5.74) is 1.11. The molecule has 134 valence electrons. The van der Waals surface area contributed by atoms with Gasteiger partial charge in [-0.3, -0.25) is 9.59 Å². The fourth-order valence-electron chi connectivity index (χ4n) is 2.22. The lowest BCUT2D eigenvalue weighted by atomic mass is 10.0. The number of rotatable bonds is 6. The molecule has 0 aliphatic rings. The summed E-state index contributed by atoms with van der Waals surface area (Å²) in [6, 6.07) is 3.92. The van der Waals surface area contributed by atoms with Crippen molar-refractivity contribution in [2.45, 2.75) is 33.2 Å². The van der Waals surface area contributed by atoms with Crippen LogP contribution in [0.1, 0.15) is 36.3 Å². The highest BCUT2D eigenvalue weighted by molar-refractivity contribution is 7.13. The Balaban J connectivity index is 2.13. The number of thiazole rings is 1. The van der Waals surface area contributed by atoms with Gasteiger partial charge in [0.2, 0.25) is 5.91 Å². The highest BCUT2D eigenvalue weighted by Crippen LogP contribution is 2.21. The molecular weight excluding hydrogens is 381 g/mol. The van der Waals surface area contributed by atoms with Crippen molar-refractivity contribution in [3.63, 3.8) is 0 Å². The maximum atomic E-state index is 12.5. The van der Waals surface area contributed by atoms with Gasteiger partial charge in [0.1, 0.15) is 6.04 Å². The molecule has 2 rings (SSSR count). The Kier molecular flexibility index (Phi) is 6.81. The van der Waals surface area contributed by atoms with Crippen molar-refractivity contribution in [1.29, 1.82) is 0 Å². The fourth-order valence-corrected chi connectivity index (χ4v) is 3.40. The number of aryl methyl sites for hydroxylation is 1. The van der Waals surface area contributed by atoms with Gasteiger partial charge in [0.15, 0.2) is 5.13 Å². The minimum Gasteiger partial charge on any atom is -0.340 e. The quantitative estimate of drug-likeness (QED) is 0.748. The molecule has 2 aromatic rings. The van der Waals surface area contributed by atoms with E-state index in [1.807, 2.05) is 26.2 Å². The van der Waals surface area contributed by atoms with Crippen LogP contribution in [0.4, 0.5) is 5.13 Å². The highest BCUT2D eigenvalue weighted by atomic mass is 35.5. The first-order chi connectivity index (χ1) is 11.8. The Bertz CT molecular complexity index is 777. The lowest BCUT2D eigenvalue weighted by molar-refractivity contribution is -0.118. The van der Waals surface area contributed by atoms with E-state index in [2.05, 4.69) is 15.6 Å². The van der Waals surface area contributed by atoms with Crippen molar-refractivity contribution >= 4 is 51.5 Å². The number of carbonyl (C=O) groups is 2. The predicted octanol–water partition coefficient (Wildman–Crippen LogP) is 4.54. The van der Waals surface area contributed by atoms with Gasteiger partial charge in [0, 0.05) is 10.4 Å². The van der Waals surface area contributed by atoms with E-state index in [1.54, 1.807) is 6.07 Å². The van der Waals surface area contributed by atoms with Crippen LogP contribution in [0.25, 0.3) is 0 Å². The van der Waals surface area contributed by atoms with Gasteiger partial charge in [-0.1, -0.05) is 37.0 Å². The first-order valence-electron chi connectivity index (χ1n) is 7.75. The first-order valence-corrected chi connectivity index (χ1v) is 9.38. The van der Waals surface area contributed by atoms with Crippen LogP contribution in [0.15, 0.2) is 23.6 Å². The number of nitrogens with one attached hydrogen (secondary N) is 2. The average molecular weight is 400 g/mol. The molecule has 5 nitrogen and oxygen atoms in total. The Hall–Kier alpha value is -1.63. The third kappa shape index (κ3) is 5.70. The number of nitrogens with zero attached hydrogens (tertiary/aromatic N) is 1. The Morgan fingerprint density at radius 3 is 2.56 bits per heavy atom. The molecular formula is C17H19Cl2N3O2S. The van der Waals surface area contributed by atoms with Gasteiger partial charge in [-0.2, -0.15) is 0 Å². The van der Waals surface area contributed by atoms with E-state index in [0.29, 0.717) is 16.6 Å². The number of halogens is 2. The minimum atomic E-state index is -0.691. The van der Waals surface area contributed by atoms with Crippen LogP contribution in [0.3, 0.4) is 0 Å².